The summed E-state index contributed by atoms with van der Waals surface area (Å²) in [7, 11) is 0. The molecule has 0 amide bonds. The maximum absolute atomic E-state index is 8.98. The summed E-state index contributed by atoms with van der Waals surface area (Å²) in [6.45, 7) is 0. The van der Waals surface area contributed by atoms with E-state index < -0.39 is 0 Å². The van der Waals surface area contributed by atoms with E-state index in [1.807, 2.05) is 12.1 Å². The third-order valence-electron chi connectivity index (χ3n) is 2.37. The van der Waals surface area contributed by atoms with Gasteiger partial charge in [0.05, 0.1) is 34.9 Å². The van der Waals surface area contributed by atoms with Crippen molar-refractivity contribution in [3.05, 3.63) is 47.0 Å². The van der Waals surface area contributed by atoms with Crippen molar-refractivity contribution in [1.29, 1.82) is 15.8 Å². The summed E-state index contributed by atoms with van der Waals surface area (Å²) in [6.07, 6.45) is 0. The third kappa shape index (κ3) is 1.36. The second-order valence-electron chi connectivity index (χ2n) is 3.26. The first kappa shape index (κ1) is 9.71. The molecule has 0 saturated heterocycles. The van der Waals surface area contributed by atoms with Gasteiger partial charge in [0.1, 0.15) is 0 Å². The molecule has 0 bridgehead atoms. The maximum atomic E-state index is 8.98. The zero-order chi connectivity index (χ0) is 11.5. The molecular formula is C13H5N3. The molecule has 0 N–H and O–H groups in total. The van der Waals surface area contributed by atoms with Gasteiger partial charge in [0.25, 0.3) is 0 Å². The zero-order valence-corrected chi connectivity index (χ0v) is 8.23. The summed E-state index contributed by atoms with van der Waals surface area (Å²) in [6, 6.07) is 14.4. The SMILES string of the molecule is N#Cc1cc(C#N)c2cccc(C#N)c2c1. The fourth-order valence-electron chi connectivity index (χ4n) is 1.64. The van der Waals surface area contributed by atoms with Gasteiger partial charge in [-0.15, -0.1) is 0 Å². The molecule has 0 fully saturated rings. The van der Waals surface area contributed by atoms with Crippen LogP contribution in [0.3, 0.4) is 0 Å². The predicted octanol–water partition coefficient (Wildman–Crippen LogP) is 2.45. The normalized spacial score (nSPS) is 9.06. The first-order valence-corrected chi connectivity index (χ1v) is 4.57. The monoisotopic (exact) mass is 203 g/mol. The van der Waals surface area contributed by atoms with Gasteiger partial charge in [-0.25, -0.2) is 0 Å². The van der Waals surface area contributed by atoms with E-state index >= 15 is 0 Å². The van der Waals surface area contributed by atoms with Crippen LogP contribution in [0.4, 0.5) is 0 Å². The first-order valence-electron chi connectivity index (χ1n) is 4.57. The van der Waals surface area contributed by atoms with E-state index in [2.05, 4.69) is 6.07 Å². The number of benzene rings is 2. The molecule has 2 aromatic carbocycles. The summed E-state index contributed by atoms with van der Waals surface area (Å²) in [5, 5.41) is 28.1. The fourth-order valence-corrected chi connectivity index (χ4v) is 1.64. The maximum Gasteiger partial charge on any atom is 0.0998 e. The molecule has 0 spiro atoms. The highest BCUT2D eigenvalue weighted by Gasteiger charge is 2.06. The summed E-state index contributed by atoms with van der Waals surface area (Å²) < 4.78 is 0. The molecule has 0 unspecified atom stereocenters. The highest BCUT2D eigenvalue weighted by atomic mass is 14.3. The molecule has 72 valence electrons. The van der Waals surface area contributed by atoms with Gasteiger partial charge in [0.2, 0.25) is 0 Å². The highest BCUT2D eigenvalue weighted by molar-refractivity contribution is 5.93. The van der Waals surface area contributed by atoms with Crippen molar-refractivity contribution >= 4 is 10.8 Å². The van der Waals surface area contributed by atoms with Crippen LogP contribution in [0.25, 0.3) is 10.8 Å². The van der Waals surface area contributed by atoms with E-state index in [0.717, 1.165) is 0 Å². The van der Waals surface area contributed by atoms with Crippen LogP contribution in [0.2, 0.25) is 0 Å². The number of hydrogen-bond donors (Lipinski definition) is 0. The molecule has 0 heterocycles. The predicted molar refractivity (Wildman–Crippen MR) is 58.1 cm³/mol. The summed E-state index contributed by atoms with van der Waals surface area (Å²) in [4.78, 5) is 0. The van der Waals surface area contributed by atoms with E-state index in [1.165, 1.54) is 6.07 Å². The average Bonchev–Trinajstić information content (AvgIpc) is 2.36. The van der Waals surface area contributed by atoms with Crippen molar-refractivity contribution in [2.24, 2.45) is 0 Å². The Balaban J connectivity index is 2.99. The van der Waals surface area contributed by atoms with Crippen molar-refractivity contribution in [2.75, 3.05) is 0 Å². The van der Waals surface area contributed by atoms with Gasteiger partial charge in [-0.05, 0) is 18.2 Å². The third-order valence-corrected chi connectivity index (χ3v) is 2.37. The van der Waals surface area contributed by atoms with Crippen molar-refractivity contribution in [1.82, 2.24) is 0 Å². The molecule has 3 nitrogen and oxygen atoms in total. The van der Waals surface area contributed by atoms with Crippen LogP contribution in [0.5, 0.6) is 0 Å². The largest absolute Gasteiger partial charge is 0.192 e. The molecule has 0 aliphatic rings. The van der Waals surface area contributed by atoms with E-state index in [9.17, 15) is 0 Å². The molecule has 0 radical (unpaired) electrons. The van der Waals surface area contributed by atoms with Crippen LogP contribution in [-0.4, -0.2) is 0 Å². The quantitative estimate of drug-likeness (QED) is 0.660. The molecule has 0 aromatic heterocycles. The summed E-state index contributed by atoms with van der Waals surface area (Å²) >= 11 is 0. The summed E-state index contributed by atoms with van der Waals surface area (Å²) in [5.41, 5.74) is 1.30. The lowest BCUT2D eigenvalue weighted by molar-refractivity contribution is 1.46. The number of rotatable bonds is 0. The number of nitrogens with zero attached hydrogens (tertiary/aromatic N) is 3. The number of fused-ring (bicyclic) bond motifs is 1. The topological polar surface area (TPSA) is 71.4 Å². The van der Waals surface area contributed by atoms with E-state index in [1.54, 1.807) is 24.3 Å². The van der Waals surface area contributed by atoms with Crippen molar-refractivity contribution in [2.45, 2.75) is 0 Å². The highest BCUT2D eigenvalue weighted by Crippen LogP contribution is 2.23. The van der Waals surface area contributed by atoms with Crippen LogP contribution >= 0.6 is 0 Å². The molecular weight excluding hydrogens is 198 g/mol. The van der Waals surface area contributed by atoms with E-state index in [0.29, 0.717) is 27.5 Å². The first-order chi connectivity index (χ1) is 7.80. The minimum absolute atomic E-state index is 0.395. The molecule has 2 aromatic rings. The Morgan fingerprint density at radius 1 is 0.750 bits per heavy atom. The van der Waals surface area contributed by atoms with Gasteiger partial charge in [0, 0.05) is 10.8 Å². The Kier molecular flexibility index (Phi) is 2.27. The Labute approximate surface area is 92.4 Å². The molecule has 16 heavy (non-hydrogen) atoms. The van der Waals surface area contributed by atoms with Crippen molar-refractivity contribution in [3.8, 4) is 18.2 Å². The van der Waals surface area contributed by atoms with Gasteiger partial charge in [-0.2, -0.15) is 15.8 Å². The van der Waals surface area contributed by atoms with Crippen LogP contribution in [0.15, 0.2) is 30.3 Å². The van der Waals surface area contributed by atoms with Crippen LogP contribution in [0, 0.1) is 34.0 Å². The Morgan fingerprint density at radius 2 is 1.50 bits per heavy atom. The lowest BCUT2D eigenvalue weighted by Crippen LogP contribution is -1.86. The van der Waals surface area contributed by atoms with Gasteiger partial charge < -0.3 is 0 Å². The van der Waals surface area contributed by atoms with E-state index in [4.69, 9.17) is 15.8 Å². The lowest BCUT2D eigenvalue weighted by Gasteiger charge is -2.02. The Bertz CT molecular complexity index is 694. The second-order valence-corrected chi connectivity index (χ2v) is 3.26. The smallest absolute Gasteiger partial charge is 0.0998 e. The molecule has 3 heteroatoms. The molecule has 2 rings (SSSR count). The van der Waals surface area contributed by atoms with Gasteiger partial charge in [-0.1, -0.05) is 12.1 Å². The average molecular weight is 203 g/mol. The fraction of sp³-hybridized carbons (Fsp3) is 0. The van der Waals surface area contributed by atoms with Crippen LogP contribution < -0.4 is 0 Å². The standard InChI is InChI=1S/C13H5N3/c14-6-9-4-11(8-16)12-3-1-2-10(7-15)13(12)5-9/h1-5H. The number of nitriles is 3. The Morgan fingerprint density at radius 3 is 2.12 bits per heavy atom. The van der Waals surface area contributed by atoms with Crippen molar-refractivity contribution in [3.63, 3.8) is 0 Å². The van der Waals surface area contributed by atoms with Crippen LogP contribution in [-0.2, 0) is 0 Å². The van der Waals surface area contributed by atoms with Gasteiger partial charge in [-0.3, -0.25) is 0 Å². The second kappa shape index (κ2) is 3.73. The summed E-state index contributed by atoms with van der Waals surface area (Å²) in [5.74, 6) is 0. The molecule has 0 saturated carbocycles. The molecule has 0 aliphatic heterocycles. The van der Waals surface area contributed by atoms with Gasteiger partial charge in [0.15, 0.2) is 0 Å². The van der Waals surface area contributed by atoms with Gasteiger partial charge >= 0.3 is 0 Å². The minimum atomic E-state index is 0.395. The Hall–Kier alpha value is -2.83. The minimum Gasteiger partial charge on any atom is -0.192 e. The lowest BCUT2D eigenvalue weighted by atomic mass is 9.98. The van der Waals surface area contributed by atoms with E-state index in [-0.39, 0.29) is 0 Å². The zero-order valence-electron chi connectivity index (χ0n) is 8.23. The van der Waals surface area contributed by atoms with Crippen molar-refractivity contribution < 1.29 is 0 Å². The molecule has 0 aliphatic carbocycles. The van der Waals surface area contributed by atoms with Crippen LogP contribution in [0.1, 0.15) is 16.7 Å². The molecule has 0 atom stereocenters. The number of hydrogen-bond acceptors (Lipinski definition) is 3.